The summed E-state index contributed by atoms with van der Waals surface area (Å²) in [7, 11) is 0. The van der Waals surface area contributed by atoms with Gasteiger partial charge in [-0.05, 0) is 48.2 Å². The molecule has 1 aliphatic carbocycles. The molecule has 4 nitrogen and oxygen atoms in total. The number of anilines is 1. The number of rotatable bonds is 6. The van der Waals surface area contributed by atoms with Crippen LogP contribution in [0.3, 0.4) is 0 Å². The fourth-order valence-electron chi connectivity index (χ4n) is 3.57. The SMILES string of the molecule is O=c1cc(NCC2=CCC[C@H]2NCc2ccc(Cl)c(Cl)c2)[nH]c2ccccc12. The van der Waals surface area contributed by atoms with Crippen LogP contribution in [-0.4, -0.2) is 17.6 Å². The van der Waals surface area contributed by atoms with E-state index in [0.717, 1.165) is 36.3 Å². The maximum atomic E-state index is 12.3. The minimum absolute atomic E-state index is 0.0199. The molecule has 2 aromatic carbocycles. The Bertz CT molecular complexity index is 1090. The van der Waals surface area contributed by atoms with E-state index in [9.17, 15) is 4.79 Å². The monoisotopic (exact) mass is 413 g/mol. The van der Waals surface area contributed by atoms with Gasteiger partial charge < -0.3 is 15.6 Å². The summed E-state index contributed by atoms with van der Waals surface area (Å²) in [6.45, 7) is 1.42. The van der Waals surface area contributed by atoms with E-state index in [4.69, 9.17) is 23.2 Å². The summed E-state index contributed by atoms with van der Waals surface area (Å²) in [5.41, 5.74) is 3.26. The van der Waals surface area contributed by atoms with Crippen LogP contribution < -0.4 is 16.1 Å². The van der Waals surface area contributed by atoms with E-state index >= 15 is 0 Å². The molecule has 0 amide bonds. The van der Waals surface area contributed by atoms with Crippen molar-refractivity contribution >= 4 is 39.9 Å². The van der Waals surface area contributed by atoms with E-state index in [0.29, 0.717) is 28.0 Å². The number of aromatic nitrogens is 1. The third-order valence-electron chi connectivity index (χ3n) is 5.07. The molecule has 0 fully saturated rings. The number of nitrogens with one attached hydrogen (secondary N) is 3. The van der Waals surface area contributed by atoms with Crippen molar-refractivity contribution in [1.82, 2.24) is 10.3 Å². The first kappa shape index (κ1) is 19.1. The molecule has 3 N–H and O–H groups in total. The molecule has 0 spiro atoms. The quantitative estimate of drug-likeness (QED) is 0.491. The second-order valence-corrected chi connectivity index (χ2v) is 7.80. The van der Waals surface area contributed by atoms with Gasteiger partial charge in [-0.15, -0.1) is 0 Å². The number of hydrogen-bond acceptors (Lipinski definition) is 3. The fraction of sp³-hybridized carbons (Fsp3) is 0.227. The third-order valence-corrected chi connectivity index (χ3v) is 5.81. The molecule has 28 heavy (non-hydrogen) atoms. The minimum Gasteiger partial charge on any atom is -0.368 e. The molecule has 0 aliphatic heterocycles. The highest BCUT2D eigenvalue weighted by atomic mass is 35.5. The summed E-state index contributed by atoms with van der Waals surface area (Å²) < 4.78 is 0. The van der Waals surface area contributed by atoms with Crippen LogP contribution in [0.5, 0.6) is 0 Å². The lowest BCUT2D eigenvalue weighted by Gasteiger charge is -2.18. The Labute approximate surface area is 173 Å². The summed E-state index contributed by atoms with van der Waals surface area (Å²) in [5.74, 6) is 0.736. The van der Waals surface area contributed by atoms with Crippen molar-refractivity contribution in [2.24, 2.45) is 0 Å². The molecule has 1 atom stereocenters. The van der Waals surface area contributed by atoms with Gasteiger partial charge in [0, 0.05) is 30.6 Å². The minimum atomic E-state index is 0.0199. The fourth-order valence-corrected chi connectivity index (χ4v) is 3.89. The van der Waals surface area contributed by atoms with Gasteiger partial charge in [-0.2, -0.15) is 0 Å². The van der Waals surface area contributed by atoms with E-state index in [2.05, 4.69) is 21.7 Å². The number of hydrogen-bond donors (Lipinski definition) is 3. The number of benzene rings is 2. The predicted molar refractivity (Wildman–Crippen MR) is 117 cm³/mol. The normalized spacial score (nSPS) is 16.4. The van der Waals surface area contributed by atoms with Gasteiger partial charge in [-0.1, -0.05) is 47.5 Å². The highest BCUT2D eigenvalue weighted by Crippen LogP contribution is 2.24. The van der Waals surface area contributed by atoms with Crippen LogP contribution in [0, 0.1) is 0 Å². The lowest BCUT2D eigenvalue weighted by atomic mass is 10.1. The zero-order valence-electron chi connectivity index (χ0n) is 15.3. The molecule has 0 radical (unpaired) electrons. The molecule has 144 valence electrons. The number of pyridine rings is 1. The Kier molecular flexibility index (Phi) is 5.72. The zero-order valence-corrected chi connectivity index (χ0v) is 16.8. The van der Waals surface area contributed by atoms with E-state index in [1.165, 1.54) is 5.57 Å². The Hall–Kier alpha value is -2.27. The highest BCUT2D eigenvalue weighted by Gasteiger charge is 2.18. The first-order valence-corrected chi connectivity index (χ1v) is 10.1. The Morgan fingerprint density at radius 3 is 2.75 bits per heavy atom. The van der Waals surface area contributed by atoms with Crippen molar-refractivity contribution in [2.45, 2.75) is 25.4 Å². The lowest BCUT2D eigenvalue weighted by molar-refractivity contribution is 0.560. The average Bonchev–Trinajstić information content (AvgIpc) is 3.15. The van der Waals surface area contributed by atoms with Crippen LogP contribution in [0.25, 0.3) is 10.9 Å². The van der Waals surface area contributed by atoms with Crippen LogP contribution >= 0.6 is 23.2 Å². The molecule has 3 aromatic rings. The van der Waals surface area contributed by atoms with Crippen LogP contribution in [0.4, 0.5) is 5.82 Å². The van der Waals surface area contributed by atoms with Crippen LogP contribution in [0.2, 0.25) is 10.0 Å². The van der Waals surface area contributed by atoms with Gasteiger partial charge in [0.2, 0.25) is 0 Å². The van der Waals surface area contributed by atoms with Crippen LogP contribution in [-0.2, 0) is 6.54 Å². The van der Waals surface area contributed by atoms with E-state index in [1.54, 1.807) is 6.07 Å². The van der Waals surface area contributed by atoms with Gasteiger partial charge >= 0.3 is 0 Å². The van der Waals surface area contributed by atoms with Crippen molar-refractivity contribution in [3.8, 4) is 0 Å². The van der Waals surface area contributed by atoms with Crippen molar-refractivity contribution in [2.75, 3.05) is 11.9 Å². The largest absolute Gasteiger partial charge is 0.368 e. The highest BCUT2D eigenvalue weighted by molar-refractivity contribution is 6.42. The molecule has 1 aliphatic rings. The van der Waals surface area contributed by atoms with Crippen molar-refractivity contribution in [3.63, 3.8) is 0 Å². The number of H-pyrrole nitrogens is 1. The Morgan fingerprint density at radius 2 is 1.89 bits per heavy atom. The average molecular weight is 414 g/mol. The van der Waals surface area contributed by atoms with Crippen molar-refractivity contribution in [1.29, 1.82) is 0 Å². The second kappa shape index (κ2) is 8.39. The van der Waals surface area contributed by atoms with Crippen LogP contribution in [0.15, 0.2) is 65.0 Å². The molecule has 0 unspecified atom stereocenters. The maximum Gasteiger partial charge on any atom is 0.191 e. The predicted octanol–water partition coefficient (Wildman–Crippen LogP) is 5.13. The summed E-state index contributed by atoms with van der Waals surface area (Å²) in [6.07, 6.45) is 4.37. The smallest absolute Gasteiger partial charge is 0.191 e. The molecule has 1 aromatic heterocycles. The van der Waals surface area contributed by atoms with E-state index in [1.807, 2.05) is 42.5 Å². The molecule has 0 saturated carbocycles. The molecular formula is C22H21Cl2N3O. The number of halogens is 2. The lowest BCUT2D eigenvalue weighted by Crippen LogP contribution is -2.30. The van der Waals surface area contributed by atoms with Gasteiger partial charge in [-0.25, -0.2) is 0 Å². The molecule has 4 rings (SSSR count). The first-order valence-electron chi connectivity index (χ1n) is 9.32. The van der Waals surface area contributed by atoms with Gasteiger partial charge in [0.25, 0.3) is 0 Å². The first-order chi connectivity index (χ1) is 13.6. The Balaban J connectivity index is 1.39. The number of allylic oxidation sites excluding steroid dienone is 1. The molecular weight excluding hydrogens is 393 g/mol. The van der Waals surface area contributed by atoms with Crippen LogP contribution in [0.1, 0.15) is 18.4 Å². The second-order valence-electron chi connectivity index (χ2n) is 6.98. The maximum absolute atomic E-state index is 12.3. The molecule has 1 heterocycles. The van der Waals surface area contributed by atoms with Gasteiger partial charge in [0.05, 0.1) is 15.6 Å². The molecule has 6 heteroatoms. The zero-order chi connectivity index (χ0) is 19.5. The van der Waals surface area contributed by atoms with Gasteiger partial charge in [0.15, 0.2) is 5.43 Å². The number of para-hydroxylation sites is 1. The number of fused-ring (bicyclic) bond motifs is 1. The summed E-state index contributed by atoms with van der Waals surface area (Å²) in [5, 5.41) is 8.80. The summed E-state index contributed by atoms with van der Waals surface area (Å²) in [6, 6.07) is 15.2. The van der Waals surface area contributed by atoms with Crippen molar-refractivity contribution < 1.29 is 0 Å². The Morgan fingerprint density at radius 1 is 1.04 bits per heavy atom. The topological polar surface area (TPSA) is 56.9 Å². The van der Waals surface area contributed by atoms with E-state index < -0.39 is 0 Å². The molecule has 0 bridgehead atoms. The summed E-state index contributed by atoms with van der Waals surface area (Å²) >= 11 is 12.1. The number of aromatic amines is 1. The van der Waals surface area contributed by atoms with Gasteiger partial charge in [-0.3, -0.25) is 4.79 Å². The van der Waals surface area contributed by atoms with Gasteiger partial charge in [0.1, 0.15) is 5.82 Å². The third kappa shape index (κ3) is 4.25. The summed E-state index contributed by atoms with van der Waals surface area (Å²) in [4.78, 5) is 15.6. The standard InChI is InChI=1S/C22H21Cl2N3O/c23-17-9-8-14(10-18(17)24)12-25-19-7-3-4-15(19)13-26-22-11-21(28)16-5-1-2-6-20(16)27-22/h1-2,4-6,8-11,19,25H,3,7,12-13H2,(H2,26,27,28)/t19-/m1/s1. The van der Waals surface area contributed by atoms with E-state index in [-0.39, 0.29) is 5.43 Å². The van der Waals surface area contributed by atoms with Crippen molar-refractivity contribution in [3.05, 3.63) is 86.0 Å². The molecule has 0 saturated heterocycles.